The molecule has 1 saturated carbocycles. The Morgan fingerprint density at radius 3 is 2.96 bits per heavy atom. The highest BCUT2D eigenvalue weighted by atomic mass is 16.5. The molecule has 2 heterocycles. The third kappa shape index (κ3) is 1.40. The molecule has 1 aromatic rings. The van der Waals surface area contributed by atoms with Gasteiger partial charge >= 0.3 is 0 Å². The van der Waals surface area contributed by atoms with E-state index in [2.05, 4.69) is 18.0 Å². The number of likely N-dealkylation sites (tertiary alicyclic amines) is 1. The predicted octanol–water partition coefficient (Wildman–Crippen LogP) is 0.324. The highest BCUT2D eigenvalue weighted by Gasteiger charge is 2.72. The van der Waals surface area contributed by atoms with Crippen LogP contribution in [0.5, 0.6) is 5.75 Å². The number of ether oxygens (including phenoxy) is 1. The van der Waals surface area contributed by atoms with E-state index >= 15 is 0 Å². The molecule has 2 aliphatic carbocycles. The van der Waals surface area contributed by atoms with Crippen molar-refractivity contribution in [3.63, 3.8) is 0 Å². The smallest absolute Gasteiger partial charge is 0.137 e. The van der Waals surface area contributed by atoms with Crippen molar-refractivity contribution >= 4 is 0 Å². The van der Waals surface area contributed by atoms with Gasteiger partial charge in [0.25, 0.3) is 0 Å². The summed E-state index contributed by atoms with van der Waals surface area (Å²) in [5.41, 5.74) is 1.64. The molecule has 2 bridgehead atoms. The third-order valence-corrected chi connectivity index (χ3v) is 6.97. The minimum Gasteiger partial charge on any atom is -0.486 e. The molecule has 1 saturated heterocycles. The topological polar surface area (TPSA) is 73.2 Å². The Hall–Kier alpha value is -1.14. The van der Waals surface area contributed by atoms with Crippen LogP contribution in [-0.4, -0.2) is 57.7 Å². The van der Waals surface area contributed by atoms with Gasteiger partial charge in [0, 0.05) is 17.2 Å². The van der Waals surface area contributed by atoms with Gasteiger partial charge in [0.05, 0.1) is 23.7 Å². The summed E-state index contributed by atoms with van der Waals surface area (Å²) in [6.07, 6.45) is 1.78. The van der Waals surface area contributed by atoms with Crippen molar-refractivity contribution in [3.05, 3.63) is 28.8 Å². The maximum absolute atomic E-state index is 11.8. The largest absolute Gasteiger partial charge is 0.486 e. The van der Waals surface area contributed by atoms with E-state index in [-0.39, 0.29) is 12.6 Å². The average Bonchev–Trinajstić information content (AvgIpc) is 2.90. The molecule has 4 aliphatic rings. The summed E-state index contributed by atoms with van der Waals surface area (Å²) >= 11 is 0. The van der Waals surface area contributed by atoms with Crippen molar-refractivity contribution in [1.29, 1.82) is 0 Å². The van der Waals surface area contributed by atoms with E-state index in [0.717, 1.165) is 36.3 Å². The van der Waals surface area contributed by atoms with Crippen molar-refractivity contribution in [2.45, 2.75) is 61.6 Å². The molecule has 124 valence electrons. The Morgan fingerprint density at radius 1 is 1.35 bits per heavy atom. The van der Waals surface area contributed by atoms with Crippen LogP contribution >= 0.6 is 0 Å². The third-order valence-electron chi connectivity index (χ3n) is 6.97. The number of nitrogens with zero attached hydrogens (tertiary/aromatic N) is 1. The molecule has 5 nitrogen and oxygen atoms in total. The van der Waals surface area contributed by atoms with Crippen molar-refractivity contribution in [2.75, 3.05) is 13.6 Å². The molecular formula is C18H23NO4. The van der Waals surface area contributed by atoms with Crippen LogP contribution in [0.25, 0.3) is 0 Å². The SMILES string of the molecule is CN1CC[C@]23c4c5ccc(CO)c4OC2[C@@H](O)CC[C@@]3(O)C1C5. The molecule has 2 aliphatic heterocycles. The van der Waals surface area contributed by atoms with Crippen LogP contribution in [0.1, 0.15) is 36.0 Å². The molecule has 23 heavy (non-hydrogen) atoms. The van der Waals surface area contributed by atoms with Crippen LogP contribution in [0, 0.1) is 0 Å². The molecule has 2 fully saturated rings. The molecule has 1 aromatic carbocycles. The van der Waals surface area contributed by atoms with E-state index in [0.29, 0.717) is 12.8 Å². The summed E-state index contributed by atoms with van der Waals surface area (Å²) in [4.78, 5) is 2.26. The lowest BCUT2D eigenvalue weighted by atomic mass is 9.48. The van der Waals surface area contributed by atoms with Crippen molar-refractivity contribution < 1.29 is 20.1 Å². The number of rotatable bonds is 1. The second-order valence-electron chi connectivity index (χ2n) is 7.74. The number of hydrogen-bond acceptors (Lipinski definition) is 5. The zero-order valence-electron chi connectivity index (χ0n) is 13.3. The monoisotopic (exact) mass is 317 g/mol. The fraction of sp³-hybridized carbons (Fsp3) is 0.667. The van der Waals surface area contributed by atoms with Crippen LogP contribution in [0.2, 0.25) is 0 Å². The van der Waals surface area contributed by atoms with Gasteiger partial charge in [-0.05, 0) is 44.8 Å². The van der Waals surface area contributed by atoms with E-state index in [9.17, 15) is 15.3 Å². The lowest BCUT2D eigenvalue weighted by Crippen LogP contribution is -2.76. The number of aliphatic hydroxyl groups excluding tert-OH is 2. The number of likely N-dealkylation sites (N-methyl/N-ethyl adjacent to an activating group) is 1. The Balaban J connectivity index is 1.84. The maximum atomic E-state index is 11.8. The number of benzene rings is 1. The molecule has 5 atom stereocenters. The molecule has 0 radical (unpaired) electrons. The van der Waals surface area contributed by atoms with E-state index in [1.807, 2.05) is 6.07 Å². The van der Waals surface area contributed by atoms with E-state index in [1.165, 1.54) is 5.56 Å². The number of piperidine rings is 1. The van der Waals surface area contributed by atoms with Crippen LogP contribution in [-0.2, 0) is 18.4 Å². The first-order chi connectivity index (χ1) is 11.0. The molecule has 0 aromatic heterocycles. The molecule has 5 heteroatoms. The van der Waals surface area contributed by atoms with Crippen LogP contribution < -0.4 is 4.74 Å². The lowest BCUT2D eigenvalue weighted by molar-refractivity contribution is -0.204. The zero-order valence-corrected chi connectivity index (χ0v) is 13.3. The Kier molecular flexibility index (Phi) is 2.65. The molecule has 1 spiro atoms. The van der Waals surface area contributed by atoms with Gasteiger partial charge in [-0.25, -0.2) is 0 Å². The minimum atomic E-state index is -0.865. The zero-order chi connectivity index (χ0) is 16.0. The highest BCUT2D eigenvalue weighted by Crippen LogP contribution is 2.64. The second kappa shape index (κ2) is 4.28. The van der Waals surface area contributed by atoms with Gasteiger partial charge in [0.1, 0.15) is 11.9 Å². The highest BCUT2D eigenvalue weighted by molar-refractivity contribution is 5.60. The van der Waals surface area contributed by atoms with E-state index < -0.39 is 23.2 Å². The molecule has 2 unspecified atom stereocenters. The molecule has 3 N–H and O–H groups in total. The first-order valence-corrected chi connectivity index (χ1v) is 8.56. The summed E-state index contributed by atoms with van der Waals surface area (Å²) in [7, 11) is 2.08. The van der Waals surface area contributed by atoms with Gasteiger partial charge in [-0.1, -0.05) is 12.1 Å². The summed E-state index contributed by atoms with van der Waals surface area (Å²) < 4.78 is 6.22. The van der Waals surface area contributed by atoms with Crippen molar-refractivity contribution in [3.8, 4) is 5.75 Å². The van der Waals surface area contributed by atoms with E-state index in [1.54, 1.807) is 0 Å². The van der Waals surface area contributed by atoms with Crippen LogP contribution in [0.3, 0.4) is 0 Å². The standard InChI is InChI=1S/C18H23NO4/c1-19-7-6-17-14-10-2-3-11(9-20)15(14)23-16(17)12(21)4-5-18(17,22)13(19)8-10/h2-3,12-13,16,20-22H,4-9H2,1H3/t12-,13?,16?,17-,18+/m0/s1. The Morgan fingerprint density at radius 2 is 2.17 bits per heavy atom. The predicted molar refractivity (Wildman–Crippen MR) is 83.4 cm³/mol. The first-order valence-electron chi connectivity index (χ1n) is 8.56. The minimum absolute atomic E-state index is 0.0632. The number of aliphatic hydroxyl groups is 3. The molecule has 5 rings (SSSR count). The fourth-order valence-corrected chi connectivity index (χ4v) is 5.92. The summed E-state index contributed by atoms with van der Waals surface area (Å²) in [5.74, 6) is 0.720. The summed E-state index contributed by atoms with van der Waals surface area (Å²) in [6, 6.07) is 4.06. The lowest BCUT2D eigenvalue weighted by Gasteiger charge is -2.63. The van der Waals surface area contributed by atoms with Gasteiger partial charge in [0.2, 0.25) is 0 Å². The second-order valence-corrected chi connectivity index (χ2v) is 7.74. The molecule has 0 amide bonds. The van der Waals surface area contributed by atoms with Crippen LogP contribution in [0.15, 0.2) is 12.1 Å². The first kappa shape index (κ1) is 14.2. The van der Waals surface area contributed by atoms with Gasteiger partial charge < -0.3 is 25.0 Å². The molecular weight excluding hydrogens is 294 g/mol. The average molecular weight is 317 g/mol. The van der Waals surface area contributed by atoms with Gasteiger partial charge in [-0.2, -0.15) is 0 Å². The normalized spacial score (nSPS) is 43.9. The maximum Gasteiger partial charge on any atom is 0.137 e. The van der Waals surface area contributed by atoms with Crippen molar-refractivity contribution in [1.82, 2.24) is 4.90 Å². The Bertz CT molecular complexity index is 692. The van der Waals surface area contributed by atoms with E-state index in [4.69, 9.17) is 4.74 Å². The Labute approximate surface area is 135 Å². The van der Waals surface area contributed by atoms with Gasteiger partial charge in [-0.3, -0.25) is 0 Å². The van der Waals surface area contributed by atoms with Gasteiger partial charge in [-0.15, -0.1) is 0 Å². The quantitative estimate of drug-likeness (QED) is 0.696. The van der Waals surface area contributed by atoms with Crippen molar-refractivity contribution in [2.24, 2.45) is 0 Å². The van der Waals surface area contributed by atoms with Crippen LogP contribution in [0.4, 0.5) is 0 Å². The summed E-state index contributed by atoms with van der Waals surface area (Å²) in [5, 5.41) is 32.1. The number of hydrogen-bond donors (Lipinski definition) is 3. The summed E-state index contributed by atoms with van der Waals surface area (Å²) in [6.45, 7) is 0.811. The van der Waals surface area contributed by atoms with Gasteiger partial charge in [0.15, 0.2) is 0 Å². The fourth-order valence-electron chi connectivity index (χ4n) is 5.92.